The molecule has 2 N–H and O–H groups in total. The Morgan fingerprint density at radius 3 is 2.67 bits per heavy atom. The first kappa shape index (κ1) is 17.7. The molecule has 1 aliphatic rings. The van der Waals surface area contributed by atoms with Gasteiger partial charge in [-0.3, -0.25) is 14.4 Å². The fourth-order valence-corrected chi connectivity index (χ4v) is 2.49. The van der Waals surface area contributed by atoms with Gasteiger partial charge in [0.25, 0.3) is 0 Å². The van der Waals surface area contributed by atoms with E-state index in [1.54, 1.807) is 0 Å². The molecule has 2 rings (SSSR count). The largest absolute Gasteiger partial charge is 0.461 e. The highest BCUT2D eigenvalue weighted by molar-refractivity contribution is 5.98. The summed E-state index contributed by atoms with van der Waals surface area (Å²) in [5.41, 5.74) is 0.826. The number of hydrogen-bond acceptors (Lipinski definition) is 5. The average Bonchev–Trinajstić information content (AvgIpc) is 2.58. The highest BCUT2D eigenvalue weighted by atomic mass is 16.5. The number of piperazine rings is 1. The van der Waals surface area contributed by atoms with Gasteiger partial charge in [0.2, 0.25) is 11.8 Å². The summed E-state index contributed by atoms with van der Waals surface area (Å²) in [6.07, 6.45) is 1.16. The second-order valence-corrected chi connectivity index (χ2v) is 5.39. The van der Waals surface area contributed by atoms with E-state index in [4.69, 9.17) is 4.74 Å². The molecule has 1 aliphatic heterocycles. The third-order valence-electron chi connectivity index (χ3n) is 3.68. The highest BCUT2D eigenvalue weighted by Crippen LogP contribution is 2.16. The van der Waals surface area contributed by atoms with Gasteiger partial charge >= 0.3 is 5.97 Å². The van der Waals surface area contributed by atoms with Gasteiger partial charge in [-0.1, -0.05) is 43.0 Å². The molecule has 2 atom stereocenters. The molecule has 1 heterocycles. The third-order valence-corrected chi connectivity index (χ3v) is 3.68. The van der Waals surface area contributed by atoms with Crippen molar-refractivity contribution in [2.45, 2.75) is 25.0 Å². The summed E-state index contributed by atoms with van der Waals surface area (Å²) in [6, 6.07) is 7.16. The minimum Gasteiger partial charge on any atom is -0.461 e. The lowest BCUT2D eigenvalue weighted by Crippen LogP contribution is -2.64. The molecule has 0 bridgehead atoms. The van der Waals surface area contributed by atoms with Gasteiger partial charge in [-0.05, 0) is 5.56 Å². The van der Waals surface area contributed by atoms with E-state index in [2.05, 4.69) is 11.9 Å². The Kier molecular flexibility index (Phi) is 6.08. The van der Waals surface area contributed by atoms with E-state index >= 15 is 0 Å². The van der Waals surface area contributed by atoms with Crippen molar-refractivity contribution in [3.63, 3.8) is 0 Å². The van der Waals surface area contributed by atoms with Crippen LogP contribution in [0.1, 0.15) is 12.0 Å². The molecule has 1 fully saturated rings. The van der Waals surface area contributed by atoms with E-state index in [0.29, 0.717) is 0 Å². The van der Waals surface area contributed by atoms with Crippen LogP contribution in [0.3, 0.4) is 0 Å². The van der Waals surface area contributed by atoms with Gasteiger partial charge in [-0.25, -0.2) is 0 Å². The van der Waals surface area contributed by atoms with Gasteiger partial charge in [-0.15, -0.1) is 0 Å². The van der Waals surface area contributed by atoms with E-state index < -0.39 is 36.5 Å². The molecule has 0 aromatic heterocycles. The third kappa shape index (κ3) is 4.20. The molecule has 1 aromatic rings. The lowest BCUT2D eigenvalue weighted by molar-refractivity contribution is -0.155. The number of nitrogens with zero attached hydrogens (tertiary/aromatic N) is 1. The van der Waals surface area contributed by atoms with Gasteiger partial charge in [0.05, 0.1) is 13.0 Å². The fourth-order valence-electron chi connectivity index (χ4n) is 2.49. The quantitative estimate of drug-likeness (QED) is 0.541. The van der Waals surface area contributed by atoms with Crippen molar-refractivity contribution in [1.29, 1.82) is 0 Å². The van der Waals surface area contributed by atoms with Crippen LogP contribution in [-0.4, -0.2) is 53.1 Å². The number of carbonyl (C=O) groups is 3. The summed E-state index contributed by atoms with van der Waals surface area (Å²) in [6.45, 7) is 3.17. The summed E-state index contributed by atoms with van der Waals surface area (Å²) in [4.78, 5) is 37.8. The first-order chi connectivity index (χ1) is 11.6. The fraction of sp³-hybridized carbons (Fsp3) is 0.353. The lowest BCUT2D eigenvalue weighted by Gasteiger charge is -2.38. The number of carbonyl (C=O) groups excluding carboxylic acids is 3. The standard InChI is InChI=1S/C17H20N2O5/c1-2-8-24-15(21)9-13-17(23)19(14(11-20)16(22)18-13)10-12-6-4-3-5-7-12/h2-7,13-14,20H,1,8-11H2,(H,18,22)/t13-,14+/m0/s1. The number of esters is 1. The molecule has 7 nitrogen and oxygen atoms in total. The number of aliphatic hydroxyl groups is 1. The van der Waals surface area contributed by atoms with Crippen LogP contribution in [0.4, 0.5) is 0 Å². The number of benzene rings is 1. The molecule has 0 radical (unpaired) electrons. The Morgan fingerprint density at radius 1 is 1.33 bits per heavy atom. The first-order valence-corrected chi connectivity index (χ1v) is 7.59. The molecule has 0 saturated carbocycles. The second-order valence-electron chi connectivity index (χ2n) is 5.39. The van der Waals surface area contributed by atoms with Crippen molar-refractivity contribution in [2.24, 2.45) is 0 Å². The van der Waals surface area contributed by atoms with E-state index in [1.165, 1.54) is 11.0 Å². The second kappa shape index (κ2) is 8.26. The zero-order chi connectivity index (χ0) is 17.5. The highest BCUT2D eigenvalue weighted by Gasteiger charge is 2.41. The SMILES string of the molecule is C=CCOC(=O)C[C@@H]1NC(=O)[C@@H](CO)N(Cc2ccccc2)C1=O. The molecular weight excluding hydrogens is 312 g/mol. The van der Waals surface area contributed by atoms with Gasteiger partial charge in [-0.2, -0.15) is 0 Å². The van der Waals surface area contributed by atoms with Crippen molar-refractivity contribution in [2.75, 3.05) is 13.2 Å². The Balaban J connectivity index is 2.13. The van der Waals surface area contributed by atoms with E-state index in [0.717, 1.165) is 5.56 Å². The number of hydrogen-bond donors (Lipinski definition) is 2. The number of amides is 2. The predicted molar refractivity (Wildman–Crippen MR) is 85.6 cm³/mol. The molecule has 0 aliphatic carbocycles. The average molecular weight is 332 g/mol. The molecule has 7 heteroatoms. The Bertz CT molecular complexity index is 617. The van der Waals surface area contributed by atoms with Gasteiger partial charge in [0, 0.05) is 6.54 Å². The smallest absolute Gasteiger partial charge is 0.308 e. The summed E-state index contributed by atoms with van der Waals surface area (Å²) < 4.78 is 4.86. The van der Waals surface area contributed by atoms with Crippen molar-refractivity contribution >= 4 is 17.8 Å². The summed E-state index contributed by atoms with van der Waals surface area (Å²) in [5.74, 6) is -1.52. The van der Waals surface area contributed by atoms with Crippen LogP contribution in [0, 0.1) is 0 Å². The van der Waals surface area contributed by atoms with Crippen molar-refractivity contribution in [3.05, 3.63) is 48.6 Å². The maximum absolute atomic E-state index is 12.6. The van der Waals surface area contributed by atoms with Crippen LogP contribution in [0.5, 0.6) is 0 Å². The van der Waals surface area contributed by atoms with Crippen LogP contribution in [0.15, 0.2) is 43.0 Å². The zero-order valence-corrected chi connectivity index (χ0v) is 13.2. The predicted octanol–water partition coefficient (Wildman–Crippen LogP) is -0.00620. The van der Waals surface area contributed by atoms with Crippen LogP contribution in [0.2, 0.25) is 0 Å². The van der Waals surface area contributed by atoms with Crippen LogP contribution >= 0.6 is 0 Å². The summed E-state index contributed by atoms with van der Waals surface area (Å²) in [5, 5.41) is 11.9. The van der Waals surface area contributed by atoms with Crippen molar-refractivity contribution in [3.8, 4) is 0 Å². The number of nitrogens with one attached hydrogen (secondary N) is 1. The van der Waals surface area contributed by atoms with Crippen LogP contribution in [-0.2, 0) is 25.7 Å². The van der Waals surface area contributed by atoms with Crippen molar-refractivity contribution < 1.29 is 24.2 Å². The minimum atomic E-state index is -0.999. The molecule has 1 aromatic carbocycles. The number of ether oxygens (including phenoxy) is 1. The van der Waals surface area contributed by atoms with Crippen LogP contribution in [0.25, 0.3) is 0 Å². The van der Waals surface area contributed by atoms with E-state index in [-0.39, 0.29) is 19.6 Å². The number of aliphatic hydroxyl groups excluding tert-OH is 1. The van der Waals surface area contributed by atoms with Gasteiger partial charge < -0.3 is 20.1 Å². The molecule has 24 heavy (non-hydrogen) atoms. The molecule has 128 valence electrons. The molecule has 0 unspecified atom stereocenters. The molecule has 1 saturated heterocycles. The van der Waals surface area contributed by atoms with E-state index in [1.807, 2.05) is 30.3 Å². The Morgan fingerprint density at radius 2 is 2.04 bits per heavy atom. The number of rotatable bonds is 7. The topological polar surface area (TPSA) is 95.9 Å². The maximum atomic E-state index is 12.6. The monoisotopic (exact) mass is 332 g/mol. The molecule has 2 amide bonds. The molecule has 0 spiro atoms. The van der Waals surface area contributed by atoms with Gasteiger partial charge in [0.15, 0.2) is 0 Å². The van der Waals surface area contributed by atoms with E-state index in [9.17, 15) is 19.5 Å². The summed E-state index contributed by atoms with van der Waals surface area (Å²) >= 11 is 0. The maximum Gasteiger partial charge on any atom is 0.308 e. The van der Waals surface area contributed by atoms with Crippen LogP contribution < -0.4 is 5.32 Å². The Labute approximate surface area is 139 Å². The Hall–Kier alpha value is -2.67. The summed E-state index contributed by atoms with van der Waals surface area (Å²) in [7, 11) is 0. The molecular formula is C17H20N2O5. The lowest BCUT2D eigenvalue weighted by atomic mass is 10.0. The van der Waals surface area contributed by atoms with Gasteiger partial charge in [0.1, 0.15) is 18.7 Å². The zero-order valence-electron chi connectivity index (χ0n) is 13.2. The van der Waals surface area contributed by atoms with Crippen molar-refractivity contribution in [1.82, 2.24) is 10.2 Å². The first-order valence-electron chi connectivity index (χ1n) is 7.59. The normalized spacial score (nSPS) is 20.5. The minimum absolute atomic E-state index is 0.0423.